The minimum absolute atomic E-state index is 0.196. The molecule has 33 heavy (non-hydrogen) atoms. The SMILES string of the molecule is Cc1cccc(CN(C(=O)CN(c2ccc(I)cc2)S(C)(=O)=O)C(C)C(=O)NCC(C)C)c1. The first-order valence-corrected chi connectivity index (χ1v) is 13.7. The van der Waals surface area contributed by atoms with E-state index in [9.17, 15) is 18.0 Å². The van der Waals surface area contributed by atoms with E-state index in [1.54, 1.807) is 31.2 Å². The zero-order chi connectivity index (χ0) is 24.8. The number of sulfonamides is 1. The predicted octanol–water partition coefficient (Wildman–Crippen LogP) is 3.56. The molecule has 0 radical (unpaired) electrons. The summed E-state index contributed by atoms with van der Waals surface area (Å²) in [6, 6.07) is 13.8. The van der Waals surface area contributed by atoms with E-state index in [-0.39, 0.29) is 18.4 Å². The van der Waals surface area contributed by atoms with Crippen molar-refractivity contribution in [2.24, 2.45) is 5.92 Å². The highest BCUT2D eigenvalue weighted by atomic mass is 127. The third-order valence-electron chi connectivity index (χ3n) is 5.08. The smallest absolute Gasteiger partial charge is 0.244 e. The summed E-state index contributed by atoms with van der Waals surface area (Å²) in [7, 11) is -3.72. The number of halogens is 1. The van der Waals surface area contributed by atoms with Gasteiger partial charge in [-0.25, -0.2) is 8.42 Å². The van der Waals surface area contributed by atoms with Gasteiger partial charge in [-0.2, -0.15) is 0 Å². The molecule has 9 heteroatoms. The molecular formula is C24H32IN3O4S. The number of carbonyl (C=O) groups is 2. The fourth-order valence-corrected chi connectivity index (χ4v) is 4.47. The maximum Gasteiger partial charge on any atom is 0.244 e. The lowest BCUT2D eigenvalue weighted by molar-refractivity contribution is -0.139. The average Bonchev–Trinajstić information content (AvgIpc) is 2.73. The molecule has 1 atom stereocenters. The first-order valence-electron chi connectivity index (χ1n) is 10.7. The van der Waals surface area contributed by atoms with Crippen LogP contribution in [0.15, 0.2) is 48.5 Å². The number of hydrogen-bond acceptors (Lipinski definition) is 4. The second kappa shape index (κ2) is 11.8. The number of nitrogens with one attached hydrogen (secondary N) is 1. The second-order valence-electron chi connectivity index (χ2n) is 8.57. The first kappa shape index (κ1) is 27.1. The molecule has 2 aromatic rings. The zero-order valence-corrected chi connectivity index (χ0v) is 22.7. The monoisotopic (exact) mass is 585 g/mol. The molecule has 2 amide bonds. The van der Waals surface area contributed by atoms with Crippen LogP contribution in [-0.4, -0.2) is 50.5 Å². The van der Waals surface area contributed by atoms with Gasteiger partial charge in [0.15, 0.2) is 0 Å². The van der Waals surface area contributed by atoms with Crippen LogP contribution in [0.1, 0.15) is 31.9 Å². The molecule has 7 nitrogen and oxygen atoms in total. The van der Waals surface area contributed by atoms with Crippen LogP contribution in [0.2, 0.25) is 0 Å². The minimum atomic E-state index is -3.72. The summed E-state index contributed by atoms with van der Waals surface area (Å²) in [6.45, 7) is 7.90. The van der Waals surface area contributed by atoms with E-state index in [1.807, 2.05) is 45.0 Å². The van der Waals surface area contributed by atoms with Gasteiger partial charge in [0.2, 0.25) is 21.8 Å². The molecular weight excluding hydrogens is 553 g/mol. The number of aryl methyl sites for hydroxylation is 1. The molecule has 2 aromatic carbocycles. The Morgan fingerprint density at radius 1 is 1.06 bits per heavy atom. The summed E-state index contributed by atoms with van der Waals surface area (Å²) < 4.78 is 27.1. The van der Waals surface area contributed by atoms with Crippen molar-refractivity contribution in [3.05, 3.63) is 63.2 Å². The fraction of sp³-hybridized carbons (Fsp3) is 0.417. The van der Waals surface area contributed by atoms with E-state index in [0.29, 0.717) is 12.2 Å². The van der Waals surface area contributed by atoms with Crippen LogP contribution in [-0.2, 0) is 26.2 Å². The van der Waals surface area contributed by atoms with Gasteiger partial charge in [0.1, 0.15) is 12.6 Å². The summed E-state index contributed by atoms with van der Waals surface area (Å²) in [5.41, 5.74) is 2.30. The Bertz CT molecular complexity index is 1070. The molecule has 2 rings (SSSR count). The summed E-state index contributed by atoms with van der Waals surface area (Å²) >= 11 is 2.13. The lowest BCUT2D eigenvalue weighted by atomic mass is 10.1. The van der Waals surface area contributed by atoms with Crippen molar-refractivity contribution < 1.29 is 18.0 Å². The average molecular weight is 586 g/mol. The lowest BCUT2D eigenvalue weighted by Crippen LogP contribution is -2.51. The molecule has 0 aliphatic carbocycles. The Hall–Kier alpha value is -2.14. The fourth-order valence-electron chi connectivity index (χ4n) is 3.26. The van der Waals surface area contributed by atoms with Crippen molar-refractivity contribution in [1.29, 1.82) is 0 Å². The normalized spacial score (nSPS) is 12.3. The highest BCUT2D eigenvalue weighted by Gasteiger charge is 2.30. The van der Waals surface area contributed by atoms with E-state index in [0.717, 1.165) is 25.3 Å². The van der Waals surface area contributed by atoms with Crippen molar-refractivity contribution in [2.75, 3.05) is 23.7 Å². The molecule has 0 aromatic heterocycles. The van der Waals surface area contributed by atoms with E-state index in [4.69, 9.17) is 0 Å². The summed E-state index contributed by atoms with van der Waals surface area (Å²) in [5, 5.41) is 2.87. The molecule has 1 N–H and O–H groups in total. The molecule has 0 aliphatic rings. The first-order chi connectivity index (χ1) is 15.4. The van der Waals surface area contributed by atoms with Crippen LogP contribution in [0.5, 0.6) is 0 Å². The number of anilines is 1. The van der Waals surface area contributed by atoms with E-state index >= 15 is 0 Å². The zero-order valence-electron chi connectivity index (χ0n) is 19.7. The molecule has 0 spiro atoms. The molecule has 0 bridgehead atoms. The highest BCUT2D eigenvalue weighted by molar-refractivity contribution is 14.1. The number of carbonyl (C=O) groups excluding carboxylic acids is 2. The standard InChI is InChI=1S/C24H32IN3O4S/c1-17(2)14-26-24(30)19(4)27(15-20-8-6-7-18(3)13-20)23(29)16-28(33(5,31)32)22-11-9-21(25)10-12-22/h6-13,17,19H,14-16H2,1-5H3,(H,26,30). The van der Waals surface area contributed by atoms with Gasteiger partial charge in [0.25, 0.3) is 0 Å². The maximum atomic E-state index is 13.5. The van der Waals surface area contributed by atoms with Crippen molar-refractivity contribution in [3.8, 4) is 0 Å². The van der Waals surface area contributed by atoms with Crippen molar-refractivity contribution in [2.45, 2.75) is 40.3 Å². The van der Waals surface area contributed by atoms with Crippen LogP contribution in [0.3, 0.4) is 0 Å². The largest absolute Gasteiger partial charge is 0.354 e. The van der Waals surface area contributed by atoms with Crippen molar-refractivity contribution in [1.82, 2.24) is 10.2 Å². The van der Waals surface area contributed by atoms with Gasteiger partial charge in [-0.15, -0.1) is 0 Å². The van der Waals surface area contributed by atoms with Gasteiger partial charge in [-0.1, -0.05) is 43.7 Å². The van der Waals surface area contributed by atoms with E-state index in [1.165, 1.54) is 4.90 Å². The number of rotatable bonds is 10. The van der Waals surface area contributed by atoms with Gasteiger partial charge in [-0.3, -0.25) is 13.9 Å². The molecule has 0 aliphatic heterocycles. The van der Waals surface area contributed by atoms with Crippen LogP contribution in [0.4, 0.5) is 5.69 Å². The third-order valence-corrected chi connectivity index (χ3v) is 6.94. The Kier molecular flexibility index (Phi) is 9.71. The van der Waals surface area contributed by atoms with Gasteiger partial charge in [-0.05, 0) is 72.2 Å². The van der Waals surface area contributed by atoms with Crippen LogP contribution >= 0.6 is 22.6 Å². The second-order valence-corrected chi connectivity index (χ2v) is 11.7. The summed E-state index contributed by atoms with van der Waals surface area (Å²) in [5.74, 6) is -0.457. The number of benzene rings is 2. The molecule has 0 heterocycles. The van der Waals surface area contributed by atoms with Crippen LogP contribution < -0.4 is 9.62 Å². The minimum Gasteiger partial charge on any atom is -0.354 e. The Morgan fingerprint density at radius 3 is 2.24 bits per heavy atom. The van der Waals surface area contributed by atoms with Crippen LogP contribution in [0, 0.1) is 16.4 Å². The van der Waals surface area contributed by atoms with Gasteiger partial charge >= 0.3 is 0 Å². The Morgan fingerprint density at radius 2 is 1.70 bits per heavy atom. The Labute approximate surface area is 210 Å². The van der Waals surface area contributed by atoms with Crippen molar-refractivity contribution in [3.63, 3.8) is 0 Å². The van der Waals surface area contributed by atoms with Crippen molar-refractivity contribution >= 4 is 50.1 Å². The molecule has 1 unspecified atom stereocenters. The topological polar surface area (TPSA) is 86.8 Å². The highest BCUT2D eigenvalue weighted by Crippen LogP contribution is 2.20. The van der Waals surface area contributed by atoms with Gasteiger partial charge in [0, 0.05) is 16.7 Å². The summed E-state index contributed by atoms with van der Waals surface area (Å²) in [6.07, 6.45) is 1.07. The quantitative estimate of drug-likeness (QED) is 0.433. The van der Waals surface area contributed by atoms with Gasteiger partial charge in [0.05, 0.1) is 11.9 Å². The predicted molar refractivity (Wildman–Crippen MR) is 140 cm³/mol. The number of hydrogen-bond donors (Lipinski definition) is 1. The third kappa shape index (κ3) is 8.29. The molecule has 180 valence electrons. The number of amides is 2. The van der Waals surface area contributed by atoms with E-state index in [2.05, 4.69) is 27.9 Å². The molecule has 0 fully saturated rings. The Balaban J connectivity index is 2.35. The number of nitrogens with zero attached hydrogens (tertiary/aromatic N) is 2. The van der Waals surface area contributed by atoms with Gasteiger partial charge < -0.3 is 10.2 Å². The molecule has 0 saturated carbocycles. The lowest BCUT2D eigenvalue weighted by Gasteiger charge is -2.31. The van der Waals surface area contributed by atoms with E-state index < -0.39 is 28.5 Å². The summed E-state index contributed by atoms with van der Waals surface area (Å²) in [4.78, 5) is 27.7. The van der Waals surface area contributed by atoms with Crippen LogP contribution in [0.25, 0.3) is 0 Å². The maximum absolute atomic E-state index is 13.5. The molecule has 0 saturated heterocycles.